The van der Waals surface area contributed by atoms with Crippen LogP contribution >= 0.6 is 0 Å². The molecule has 1 aliphatic carbocycles. The van der Waals surface area contributed by atoms with Gasteiger partial charge in [-0.2, -0.15) is 4.39 Å². The highest BCUT2D eigenvalue weighted by molar-refractivity contribution is 5.34. The van der Waals surface area contributed by atoms with Crippen molar-refractivity contribution >= 4 is 5.82 Å². The lowest BCUT2D eigenvalue weighted by molar-refractivity contribution is 0.260. The van der Waals surface area contributed by atoms with Gasteiger partial charge in [-0.1, -0.05) is 19.9 Å². The van der Waals surface area contributed by atoms with Gasteiger partial charge in [-0.25, -0.2) is 4.98 Å². The fourth-order valence-electron chi connectivity index (χ4n) is 2.38. The Bertz CT molecular complexity index is 354. The number of hydrogen-bond donors (Lipinski definition) is 1. The molecule has 0 amide bonds. The minimum Gasteiger partial charge on any atom is -0.367 e. The van der Waals surface area contributed by atoms with Crippen LogP contribution in [0, 0.1) is 17.8 Å². The highest BCUT2D eigenvalue weighted by atomic mass is 19.1. The van der Waals surface area contributed by atoms with Crippen LogP contribution in [0.1, 0.15) is 33.1 Å². The summed E-state index contributed by atoms with van der Waals surface area (Å²) in [7, 11) is 0. The van der Waals surface area contributed by atoms with Crippen LogP contribution in [0.15, 0.2) is 18.2 Å². The second-order valence-electron chi connectivity index (χ2n) is 4.95. The molecule has 1 N–H and O–H groups in total. The summed E-state index contributed by atoms with van der Waals surface area (Å²) in [5.41, 5.74) is 0. The molecule has 0 saturated heterocycles. The lowest BCUT2D eigenvalue weighted by Crippen LogP contribution is -2.30. The molecule has 1 aromatic heterocycles. The van der Waals surface area contributed by atoms with E-state index in [-0.39, 0.29) is 0 Å². The molecule has 2 nitrogen and oxygen atoms in total. The number of hydrogen-bond acceptors (Lipinski definition) is 2. The molecule has 1 fully saturated rings. The molecule has 1 heterocycles. The van der Waals surface area contributed by atoms with Crippen LogP contribution in [0.25, 0.3) is 0 Å². The Morgan fingerprint density at radius 3 is 2.75 bits per heavy atom. The van der Waals surface area contributed by atoms with E-state index in [2.05, 4.69) is 24.1 Å². The molecular weight excluding hydrogens is 203 g/mol. The molecule has 0 aliphatic heterocycles. The summed E-state index contributed by atoms with van der Waals surface area (Å²) < 4.78 is 12.9. The predicted octanol–water partition coefficient (Wildman–Crippen LogP) is 3.46. The minimum absolute atomic E-state index is 0.415. The van der Waals surface area contributed by atoms with E-state index in [4.69, 9.17) is 0 Å². The third kappa shape index (κ3) is 2.71. The van der Waals surface area contributed by atoms with Gasteiger partial charge in [-0.3, -0.25) is 0 Å². The number of rotatable bonds is 2. The van der Waals surface area contributed by atoms with Gasteiger partial charge in [0.15, 0.2) is 0 Å². The van der Waals surface area contributed by atoms with Gasteiger partial charge < -0.3 is 5.32 Å². The number of anilines is 1. The first-order valence-electron chi connectivity index (χ1n) is 6.04. The number of nitrogens with one attached hydrogen (secondary N) is 1. The summed E-state index contributed by atoms with van der Waals surface area (Å²) in [4.78, 5) is 3.83. The Labute approximate surface area is 96.3 Å². The van der Waals surface area contributed by atoms with Crippen molar-refractivity contribution in [2.75, 3.05) is 5.32 Å². The summed E-state index contributed by atoms with van der Waals surface area (Å²) in [6.07, 6.45) is 3.55. The third-order valence-electron chi connectivity index (χ3n) is 3.67. The van der Waals surface area contributed by atoms with E-state index in [1.165, 1.54) is 12.5 Å². The zero-order valence-electron chi connectivity index (χ0n) is 9.91. The van der Waals surface area contributed by atoms with Gasteiger partial charge in [-0.15, -0.1) is 0 Å². The topological polar surface area (TPSA) is 24.9 Å². The van der Waals surface area contributed by atoms with Crippen molar-refractivity contribution in [3.05, 3.63) is 24.1 Å². The second kappa shape index (κ2) is 4.81. The first-order valence-corrected chi connectivity index (χ1v) is 6.04. The summed E-state index contributed by atoms with van der Waals surface area (Å²) in [5.74, 6) is 1.78. The van der Waals surface area contributed by atoms with E-state index in [1.54, 1.807) is 6.07 Å². The van der Waals surface area contributed by atoms with Crippen LogP contribution in [-0.2, 0) is 0 Å². The Morgan fingerprint density at radius 1 is 1.25 bits per heavy atom. The predicted molar refractivity (Wildman–Crippen MR) is 63.8 cm³/mol. The van der Waals surface area contributed by atoms with Crippen molar-refractivity contribution in [1.29, 1.82) is 0 Å². The standard InChI is InChI=1S/C13H19FN2/c1-9-6-7-11(8-10(9)2)15-13-5-3-4-12(14)16-13/h3-5,9-11H,6-8H2,1-2H3,(H,15,16). The van der Waals surface area contributed by atoms with E-state index < -0.39 is 5.95 Å². The second-order valence-corrected chi connectivity index (χ2v) is 4.95. The van der Waals surface area contributed by atoms with E-state index in [0.717, 1.165) is 24.7 Å². The number of aromatic nitrogens is 1. The molecule has 0 radical (unpaired) electrons. The highest BCUT2D eigenvalue weighted by Crippen LogP contribution is 2.30. The van der Waals surface area contributed by atoms with Gasteiger partial charge in [0, 0.05) is 6.04 Å². The van der Waals surface area contributed by atoms with Crippen LogP contribution in [0.4, 0.5) is 10.2 Å². The minimum atomic E-state index is -0.415. The maximum absolute atomic E-state index is 12.9. The zero-order chi connectivity index (χ0) is 11.5. The van der Waals surface area contributed by atoms with Gasteiger partial charge in [0.1, 0.15) is 5.82 Å². The van der Waals surface area contributed by atoms with E-state index in [0.29, 0.717) is 11.9 Å². The average Bonchev–Trinajstić information content (AvgIpc) is 2.24. The van der Waals surface area contributed by atoms with Crippen LogP contribution in [0.2, 0.25) is 0 Å². The van der Waals surface area contributed by atoms with Crippen molar-refractivity contribution in [3.63, 3.8) is 0 Å². The zero-order valence-corrected chi connectivity index (χ0v) is 9.91. The molecule has 3 unspecified atom stereocenters. The number of nitrogens with zero attached hydrogens (tertiary/aromatic N) is 1. The van der Waals surface area contributed by atoms with Crippen molar-refractivity contribution in [2.45, 2.75) is 39.2 Å². The monoisotopic (exact) mass is 222 g/mol. The summed E-state index contributed by atoms with van der Waals surface area (Å²) in [5, 5.41) is 3.32. The Balaban J connectivity index is 1.95. The van der Waals surface area contributed by atoms with Gasteiger partial charge in [0.05, 0.1) is 0 Å². The Hall–Kier alpha value is -1.12. The molecule has 88 valence electrons. The van der Waals surface area contributed by atoms with E-state index >= 15 is 0 Å². The van der Waals surface area contributed by atoms with Gasteiger partial charge in [0.2, 0.25) is 5.95 Å². The van der Waals surface area contributed by atoms with Crippen LogP contribution in [0.5, 0.6) is 0 Å². The molecule has 0 spiro atoms. The molecule has 3 heteroatoms. The normalized spacial score (nSPS) is 30.1. The molecule has 16 heavy (non-hydrogen) atoms. The van der Waals surface area contributed by atoms with Gasteiger partial charge in [0.25, 0.3) is 0 Å². The largest absolute Gasteiger partial charge is 0.367 e. The number of halogens is 1. The fourth-order valence-corrected chi connectivity index (χ4v) is 2.38. The molecule has 1 aromatic rings. The molecule has 2 rings (SSSR count). The van der Waals surface area contributed by atoms with Crippen molar-refractivity contribution in [3.8, 4) is 0 Å². The highest BCUT2D eigenvalue weighted by Gasteiger charge is 2.24. The lowest BCUT2D eigenvalue weighted by Gasteiger charge is -2.32. The summed E-state index contributed by atoms with van der Waals surface area (Å²) in [6, 6.07) is 5.34. The smallest absolute Gasteiger partial charge is 0.214 e. The summed E-state index contributed by atoms with van der Waals surface area (Å²) >= 11 is 0. The Morgan fingerprint density at radius 2 is 2.06 bits per heavy atom. The first-order chi connectivity index (χ1) is 7.65. The SMILES string of the molecule is CC1CCC(Nc2cccc(F)n2)CC1C. The fraction of sp³-hybridized carbons (Fsp3) is 0.615. The van der Waals surface area contributed by atoms with Crippen LogP contribution in [0.3, 0.4) is 0 Å². The maximum atomic E-state index is 12.9. The van der Waals surface area contributed by atoms with Crippen LogP contribution in [-0.4, -0.2) is 11.0 Å². The molecule has 1 saturated carbocycles. The van der Waals surface area contributed by atoms with Crippen molar-refractivity contribution in [2.24, 2.45) is 11.8 Å². The molecular formula is C13H19FN2. The molecule has 1 aliphatic rings. The average molecular weight is 222 g/mol. The van der Waals surface area contributed by atoms with Gasteiger partial charge in [-0.05, 0) is 43.2 Å². The molecule has 3 atom stereocenters. The van der Waals surface area contributed by atoms with Crippen molar-refractivity contribution < 1.29 is 4.39 Å². The lowest BCUT2D eigenvalue weighted by atomic mass is 9.79. The number of pyridine rings is 1. The van der Waals surface area contributed by atoms with Crippen LogP contribution < -0.4 is 5.32 Å². The van der Waals surface area contributed by atoms with Crippen molar-refractivity contribution in [1.82, 2.24) is 4.98 Å². The van der Waals surface area contributed by atoms with E-state index in [1.807, 2.05) is 6.07 Å². The quantitative estimate of drug-likeness (QED) is 0.775. The first kappa shape index (κ1) is 11.4. The van der Waals surface area contributed by atoms with Gasteiger partial charge >= 0.3 is 0 Å². The van der Waals surface area contributed by atoms with E-state index in [9.17, 15) is 4.39 Å². The Kier molecular flexibility index (Phi) is 3.42. The maximum Gasteiger partial charge on any atom is 0.214 e. The molecule has 0 aromatic carbocycles. The third-order valence-corrected chi connectivity index (χ3v) is 3.67. The summed E-state index contributed by atoms with van der Waals surface area (Å²) in [6.45, 7) is 4.60. The molecule has 0 bridgehead atoms.